The Bertz CT molecular complexity index is 179. The van der Waals surface area contributed by atoms with Crippen LogP contribution in [0, 0.1) is 0 Å². The molecular weight excluding hydrogens is 180 g/mol. The van der Waals surface area contributed by atoms with Gasteiger partial charge in [0.15, 0.2) is 0 Å². The molecule has 4 nitrogen and oxygen atoms in total. The molecular formula is C10H20N2O2. The summed E-state index contributed by atoms with van der Waals surface area (Å²) in [6.07, 6.45) is 3.41. The summed E-state index contributed by atoms with van der Waals surface area (Å²) in [4.78, 5) is 12.6. The van der Waals surface area contributed by atoms with Gasteiger partial charge < -0.3 is 10.4 Å². The molecule has 2 N–H and O–H groups in total. The number of nitrogens with one attached hydrogen (secondary N) is 1. The van der Waals surface area contributed by atoms with Gasteiger partial charge in [-0.25, -0.2) is 0 Å². The lowest BCUT2D eigenvalue weighted by molar-refractivity contribution is -0.138. The van der Waals surface area contributed by atoms with E-state index in [2.05, 4.69) is 12.2 Å². The molecule has 4 heteroatoms. The number of hydrogen-bond donors (Lipinski definition) is 2. The van der Waals surface area contributed by atoms with Gasteiger partial charge in [-0.1, -0.05) is 6.92 Å². The van der Waals surface area contributed by atoms with E-state index in [1.165, 1.54) is 12.8 Å². The van der Waals surface area contributed by atoms with Gasteiger partial charge in [-0.2, -0.15) is 0 Å². The minimum Gasteiger partial charge on any atom is -0.480 e. The summed E-state index contributed by atoms with van der Waals surface area (Å²) in [6, 6.07) is 0.501. The van der Waals surface area contributed by atoms with E-state index < -0.39 is 5.97 Å². The van der Waals surface area contributed by atoms with Crippen molar-refractivity contribution in [3.05, 3.63) is 0 Å². The fraction of sp³-hybridized carbons (Fsp3) is 0.900. The molecule has 82 valence electrons. The van der Waals surface area contributed by atoms with Crippen LogP contribution in [0.1, 0.15) is 26.2 Å². The first-order valence-electron chi connectivity index (χ1n) is 5.40. The summed E-state index contributed by atoms with van der Waals surface area (Å²) in [5, 5.41) is 12.1. The molecule has 1 aliphatic rings. The Morgan fingerprint density at radius 2 is 2.43 bits per heavy atom. The van der Waals surface area contributed by atoms with Gasteiger partial charge >= 0.3 is 5.97 Å². The Balaban J connectivity index is 2.29. The van der Waals surface area contributed by atoms with Crippen LogP contribution < -0.4 is 5.32 Å². The highest BCUT2D eigenvalue weighted by Gasteiger charge is 2.18. The molecule has 1 heterocycles. The Kier molecular flexibility index (Phi) is 4.90. The van der Waals surface area contributed by atoms with Gasteiger partial charge in [0, 0.05) is 12.6 Å². The minimum absolute atomic E-state index is 0.173. The summed E-state index contributed by atoms with van der Waals surface area (Å²) < 4.78 is 0. The predicted molar refractivity (Wildman–Crippen MR) is 55.4 cm³/mol. The number of carboxylic acids is 1. The zero-order chi connectivity index (χ0) is 10.4. The molecule has 0 radical (unpaired) electrons. The second-order valence-corrected chi connectivity index (χ2v) is 3.92. The van der Waals surface area contributed by atoms with Crippen LogP contribution in [-0.4, -0.2) is 48.2 Å². The molecule has 0 saturated carbocycles. The predicted octanol–water partition coefficient (Wildman–Crippen LogP) is 0.535. The first-order valence-corrected chi connectivity index (χ1v) is 5.40. The second-order valence-electron chi connectivity index (χ2n) is 3.92. The Labute approximate surface area is 85.3 Å². The molecule has 0 aromatic carbocycles. The zero-order valence-corrected chi connectivity index (χ0v) is 8.83. The van der Waals surface area contributed by atoms with Crippen LogP contribution in [0.2, 0.25) is 0 Å². The Morgan fingerprint density at radius 1 is 1.64 bits per heavy atom. The van der Waals surface area contributed by atoms with Crippen molar-refractivity contribution in [2.75, 3.05) is 26.2 Å². The molecule has 1 atom stereocenters. The summed E-state index contributed by atoms with van der Waals surface area (Å²) in [5.41, 5.74) is 0. The summed E-state index contributed by atoms with van der Waals surface area (Å²) in [7, 11) is 0. The van der Waals surface area contributed by atoms with Crippen molar-refractivity contribution >= 4 is 5.97 Å². The van der Waals surface area contributed by atoms with Crippen molar-refractivity contribution in [3.63, 3.8) is 0 Å². The standard InChI is InChI=1S/C10H20N2O2/c1-2-6-12(8-10(13)14)7-9-4-3-5-11-9/h9,11H,2-8H2,1H3,(H,13,14). The third kappa shape index (κ3) is 4.07. The lowest BCUT2D eigenvalue weighted by atomic mass is 10.2. The van der Waals surface area contributed by atoms with Gasteiger partial charge in [0.1, 0.15) is 0 Å². The molecule has 0 aromatic heterocycles. The number of aliphatic carboxylic acids is 1. The maximum absolute atomic E-state index is 10.6. The number of hydrogen-bond acceptors (Lipinski definition) is 3. The van der Waals surface area contributed by atoms with Gasteiger partial charge in [-0.3, -0.25) is 9.69 Å². The van der Waals surface area contributed by atoms with Gasteiger partial charge in [0.05, 0.1) is 6.54 Å². The van der Waals surface area contributed by atoms with E-state index in [0.29, 0.717) is 6.04 Å². The summed E-state index contributed by atoms with van der Waals surface area (Å²) in [5.74, 6) is -0.726. The largest absolute Gasteiger partial charge is 0.480 e. The molecule has 0 aromatic rings. The fourth-order valence-electron chi connectivity index (χ4n) is 1.97. The van der Waals surface area contributed by atoms with Crippen molar-refractivity contribution in [2.24, 2.45) is 0 Å². The average molecular weight is 200 g/mol. The van der Waals surface area contributed by atoms with Crippen LogP contribution in [0.5, 0.6) is 0 Å². The molecule has 0 spiro atoms. The molecule has 1 aliphatic heterocycles. The SMILES string of the molecule is CCCN(CC(=O)O)CC1CCCN1. The number of nitrogens with zero attached hydrogens (tertiary/aromatic N) is 1. The molecule has 0 bridgehead atoms. The van der Waals surface area contributed by atoms with E-state index in [1.807, 2.05) is 4.90 Å². The van der Waals surface area contributed by atoms with Gasteiger partial charge in [-0.05, 0) is 32.4 Å². The van der Waals surface area contributed by atoms with Crippen molar-refractivity contribution in [1.29, 1.82) is 0 Å². The quantitative estimate of drug-likeness (QED) is 0.657. The molecule has 1 rings (SSSR count). The Morgan fingerprint density at radius 3 is 2.93 bits per heavy atom. The van der Waals surface area contributed by atoms with E-state index in [9.17, 15) is 4.79 Å². The molecule has 14 heavy (non-hydrogen) atoms. The molecule has 1 fully saturated rings. The highest BCUT2D eigenvalue weighted by Crippen LogP contribution is 2.07. The minimum atomic E-state index is -0.726. The zero-order valence-electron chi connectivity index (χ0n) is 8.83. The molecule has 0 amide bonds. The normalized spacial score (nSPS) is 21.7. The second kappa shape index (κ2) is 5.98. The van der Waals surface area contributed by atoms with Crippen molar-refractivity contribution in [1.82, 2.24) is 10.2 Å². The highest BCUT2D eigenvalue weighted by atomic mass is 16.4. The smallest absolute Gasteiger partial charge is 0.317 e. The molecule has 1 unspecified atom stereocenters. The highest BCUT2D eigenvalue weighted by molar-refractivity contribution is 5.69. The molecule has 0 aliphatic carbocycles. The van der Waals surface area contributed by atoms with E-state index in [0.717, 1.165) is 26.1 Å². The van der Waals surface area contributed by atoms with E-state index in [1.54, 1.807) is 0 Å². The van der Waals surface area contributed by atoms with Crippen molar-refractivity contribution in [2.45, 2.75) is 32.2 Å². The van der Waals surface area contributed by atoms with E-state index >= 15 is 0 Å². The van der Waals surface area contributed by atoms with Crippen LogP contribution in [0.15, 0.2) is 0 Å². The third-order valence-electron chi connectivity index (χ3n) is 2.54. The Hall–Kier alpha value is -0.610. The number of carbonyl (C=O) groups is 1. The average Bonchev–Trinajstić information content (AvgIpc) is 2.56. The number of rotatable bonds is 6. The maximum atomic E-state index is 10.6. The summed E-state index contributed by atoms with van der Waals surface area (Å²) in [6.45, 7) is 5.09. The first-order chi connectivity index (χ1) is 6.72. The van der Waals surface area contributed by atoms with Crippen LogP contribution >= 0.6 is 0 Å². The van der Waals surface area contributed by atoms with Crippen LogP contribution in [0.4, 0.5) is 0 Å². The lowest BCUT2D eigenvalue weighted by Crippen LogP contribution is -2.40. The van der Waals surface area contributed by atoms with Gasteiger partial charge in [0.2, 0.25) is 0 Å². The maximum Gasteiger partial charge on any atom is 0.317 e. The van der Waals surface area contributed by atoms with Crippen LogP contribution in [-0.2, 0) is 4.79 Å². The summed E-state index contributed by atoms with van der Waals surface area (Å²) >= 11 is 0. The topological polar surface area (TPSA) is 52.6 Å². The lowest BCUT2D eigenvalue weighted by Gasteiger charge is -2.23. The monoisotopic (exact) mass is 200 g/mol. The number of carboxylic acid groups (broad SMARTS) is 1. The molecule has 1 saturated heterocycles. The fourth-order valence-corrected chi connectivity index (χ4v) is 1.97. The van der Waals surface area contributed by atoms with Gasteiger partial charge in [0.25, 0.3) is 0 Å². The van der Waals surface area contributed by atoms with Crippen LogP contribution in [0.25, 0.3) is 0 Å². The van der Waals surface area contributed by atoms with E-state index in [-0.39, 0.29) is 6.54 Å². The van der Waals surface area contributed by atoms with Crippen LogP contribution in [0.3, 0.4) is 0 Å². The first kappa shape index (κ1) is 11.5. The van der Waals surface area contributed by atoms with E-state index in [4.69, 9.17) is 5.11 Å². The van der Waals surface area contributed by atoms with Crippen molar-refractivity contribution < 1.29 is 9.90 Å². The van der Waals surface area contributed by atoms with Crippen molar-refractivity contribution in [3.8, 4) is 0 Å². The third-order valence-corrected chi connectivity index (χ3v) is 2.54. The van der Waals surface area contributed by atoms with Gasteiger partial charge in [-0.15, -0.1) is 0 Å².